The van der Waals surface area contributed by atoms with Crippen LogP contribution in [0.1, 0.15) is 21.5 Å². The number of aromatic nitrogens is 2. The molecule has 0 fully saturated rings. The largest absolute Gasteiger partial charge is 0.489 e. The number of hydrogen-bond donors (Lipinski definition) is 1. The topological polar surface area (TPSA) is 56.2 Å². The van der Waals surface area contributed by atoms with E-state index in [2.05, 4.69) is 22.5 Å². The van der Waals surface area contributed by atoms with Gasteiger partial charge in [-0.25, -0.2) is 4.68 Å². The Kier molecular flexibility index (Phi) is 6.20. The van der Waals surface area contributed by atoms with Crippen LogP contribution in [0.4, 0.5) is 0 Å². The number of benzene rings is 3. The van der Waals surface area contributed by atoms with E-state index >= 15 is 0 Å². The fraction of sp³-hybridized carbons (Fsp3) is 0.120. The van der Waals surface area contributed by atoms with E-state index in [1.807, 2.05) is 71.5 Å². The van der Waals surface area contributed by atoms with Crippen molar-refractivity contribution in [3.63, 3.8) is 0 Å². The molecule has 4 aromatic rings. The average Bonchev–Trinajstić information content (AvgIpc) is 3.34. The molecule has 1 N–H and O–H groups in total. The van der Waals surface area contributed by atoms with Crippen LogP contribution in [0.2, 0.25) is 0 Å². The molecule has 1 heterocycles. The standard InChI is InChI=1S/C25H23N3O2/c29-25(22-8-4-9-24(18-22)30-19-21-6-2-1-3-7-21)26-16-14-20-10-12-23(13-11-20)28-17-5-15-27-28/h1-13,15,17-18H,14,16,19H2,(H,26,29). The molecule has 0 saturated heterocycles. The maximum Gasteiger partial charge on any atom is 0.251 e. The van der Waals surface area contributed by atoms with Crippen molar-refractivity contribution < 1.29 is 9.53 Å². The molecule has 0 aliphatic carbocycles. The second-order valence-corrected chi connectivity index (χ2v) is 6.93. The third kappa shape index (κ3) is 5.14. The zero-order valence-corrected chi connectivity index (χ0v) is 16.6. The van der Waals surface area contributed by atoms with E-state index in [0.717, 1.165) is 23.2 Å². The van der Waals surface area contributed by atoms with Gasteiger partial charge in [-0.3, -0.25) is 4.79 Å². The Balaban J connectivity index is 1.27. The van der Waals surface area contributed by atoms with Gasteiger partial charge in [0, 0.05) is 24.5 Å². The first-order valence-electron chi connectivity index (χ1n) is 9.92. The summed E-state index contributed by atoms with van der Waals surface area (Å²) < 4.78 is 7.63. The van der Waals surface area contributed by atoms with Gasteiger partial charge in [-0.1, -0.05) is 48.5 Å². The van der Waals surface area contributed by atoms with Gasteiger partial charge in [0.2, 0.25) is 0 Å². The molecule has 1 amide bonds. The van der Waals surface area contributed by atoms with Crippen LogP contribution in [-0.4, -0.2) is 22.2 Å². The summed E-state index contributed by atoms with van der Waals surface area (Å²) in [6.45, 7) is 1.04. The summed E-state index contributed by atoms with van der Waals surface area (Å²) in [4.78, 5) is 12.5. The summed E-state index contributed by atoms with van der Waals surface area (Å²) in [5, 5.41) is 7.20. The first kappa shape index (κ1) is 19.5. The monoisotopic (exact) mass is 397 g/mol. The van der Waals surface area contributed by atoms with E-state index in [1.54, 1.807) is 18.3 Å². The van der Waals surface area contributed by atoms with Gasteiger partial charge in [-0.2, -0.15) is 5.10 Å². The van der Waals surface area contributed by atoms with E-state index in [1.165, 1.54) is 0 Å². The normalized spacial score (nSPS) is 10.5. The van der Waals surface area contributed by atoms with Crippen molar-refractivity contribution in [2.24, 2.45) is 0 Å². The quantitative estimate of drug-likeness (QED) is 0.479. The van der Waals surface area contributed by atoms with Gasteiger partial charge in [0.05, 0.1) is 5.69 Å². The highest BCUT2D eigenvalue weighted by Gasteiger charge is 2.07. The van der Waals surface area contributed by atoms with E-state index < -0.39 is 0 Å². The molecule has 4 rings (SSSR count). The summed E-state index contributed by atoms with van der Waals surface area (Å²) in [6.07, 6.45) is 4.42. The number of rotatable bonds is 8. The lowest BCUT2D eigenvalue weighted by Gasteiger charge is -2.09. The molecule has 5 heteroatoms. The van der Waals surface area contributed by atoms with Crippen LogP contribution < -0.4 is 10.1 Å². The number of carbonyl (C=O) groups is 1. The summed E-state index contributed by atoms with van der Waals surface area (Å²) in [7, 11) is 0. The average molecular weight is 397 g/mol. The third-order valence-electron chi connectivity index (χ3n) is 4.75. The van der Waals surface area contributed by atoms with Crippen molar-refractivity contribution in [3.05, 3.63) is 114 Å². The lowest BCUT2D eigenvalue weighted by molar-refractivity contribution is 0.0953. The first-order valence-corrected chi connectivity index (χ1v) is 9.92. The maximum absolute atomic E-state index is 12.5. The maximum atomic E-state index is 12.5. The second-order valence-electron chi connectivity index (χ2n) is 6.93. The van der Waals surface area contributed by atoms with Crippen LogP contribution in [0.25, 0.3) is 5.69 Å². The van der Waals surface area contributed by atoms with Crippen LogP contribution >= 0.6 is 0 Å². The van der Waals surface area contributed by atoms with Gasteiger partial charge < -0.3 is 10.1 Å². The molecule has 5 nitrogen and oxygen atoms in total. The SMILES string of the molecule is O=C(NCCc1ccc(-n2cccn2)cc1)c1cccc(OCc2ccccc2)c1. The van der Waals surface area contributed by atoms with Crippen LogP contribution in [0, 0.1) is 0 Å². The van der Waals surface area contributed by atoms with Gasteiger partial charge in [0.15, 0.2) is 0 Å². The van der Waals surface area contributed by atoms with Crippen molar-refractivity contribution in [1.29, 1.82) is 0 Å². The molecule has 0 saturated carbocycles. The molecule has 1 aromatic heterocycles. The van der Waals surface area contributed by atoms with Crippen molar-refractivity contribution in [3.8, 4) is 11.4 Å². The minimum atomic E-state index is -0.103. The smallest absolute Gasteiger partial charge is 0.251 e. The summed E-state index contributed by atoms with van der Waals surface area (Å²) in [5.74, 6) is 0.578. The van der Waals surface area contributed by atoms with E-state index in [-0.39, 0.29) is 5.91 Å². The Morgan fingerprint density at radius 2 is 1.73 bits per heavy atom. The van der Waals surface area contributed by atoms with Gasteiger partial charge in [-0.05, 0) is 53.9 Å². The minimum absolute atomic E-state index is 0.103. The predicted octanol–water partition coefficient (Wildman–Crippen LogP) is 4.42. The van der Waals surface area contributed by atoms with Crippen LogP contribution in [0.15, 0.2) is 97.3 Å². The van der Waals surface area contributed by atoms with Crippen LogP contribution in [-0.2, 0) is 13.0 Å². The van der Waals surface area contributed by atoms with E-state index in [4.69, 9.17) is 4.74 Å². The number of amides is 1. The highest BCUT2D eigenvalue weighted by Crippen LogP contribution is 2.15. The third-order valence-corrected chi connectivity index (χ3v) is 4.75. The summed E-state index contributed by atoms with van der Waals surface area (Å²) in [5.41, 5.74) is 3.85. The van der Waals surface area contributed by atoms with Crippen molar-refractivity contribution >= 4 is 5.91 Å². The van der Waals surface area contributed by atoms with Crippen LogP contribution in [0.5, 0.6) is 5.75 Å². The predicted molar refractivity (Wildman–Crippen MR) is 117 cm³/mol. The molecule has 0 spiro atoms. The number of carbonyl (C=O) groups excluding carboxylic acids is 1. The Bertz CT molecular complexity index is 1080. The van der Waals surface area contributed by atoms with E-state index in [9.17, 15) is 4.79 Å². The van der Waals surface area contributed by atoms with Gasteiger partial charge in [0.25, 0.3) is 5.91 Å². The molecule has 0 radical (unpaired) electrons. The molecule has 0 aliphatic rings. The van der Waals surface area contributed by atoms with Crippen molar-refractivity contribution in [2.75, 3.05) is 6.54 Å². The van der Waals surface area contributed by atoms with Gasteiger partial charge in [-0.15, -0.1) is 0 Å². The fourth-order valence-corrected chi connectivity index (χ4v) is 3.13. The molecule has 150 valence electrons. The lowest BCUT2D eigenvalue weighted by atomic mass is 10.1. The van der Waals surface area contributed by atoms with Crippen molar-refractivity contribution in [2.45, 2.75) is 13.0 Å². The van der Waals surface area contributed by atoms with E-state index in [0.29, 0.717) is 24.5 Å². The number of ether oxygens (including phenoxy) is 1. The number of hydrogen-bond acceptors (Lipinski definition) is 3. The molecular formula is C25H23N3O2. The second kappa shape index (κ2) is 9.56. The Morgan fingerprint density at radius 3 is 2.50 bits per heavy atom. The molecule has 0 unspecified atom stereocenters. The number of nitrogens with one attached hydrogen (secondary N) is 1. The van der Waals surface area contributed by atoms with Gasteiger partial charge >= 0.3 is 0 Å². The Hall–Kier alpha value is -3.86. The molecule has 0 aliphatic heterocycles. The Morgan fingerprint density at radius 1 is 0.900 bits per heavy atom. The first-order chi connectivity index (χ1) is 14.8. The summed E-state index contributed by atoms with van der Waals surface area (Å²) >= 11 is 0. The number of nitrogens with zero attached hydrogens (tertiary/aromatic N) is 2. The Labute approximate surface area is 175 Å². The van der Waals surface area contributed by atoms with Gasteiger partial charge in [0.1, 0.15) is 12.4 Å². The molecule has 0 bridgehead atoms. The summed E-state index contributed by atoms with van der Waals surface area (Å²) in [6, 6.07) is 27.3. The molecule has 30 heavy (non-hydrogen) atoms. The molecular weight excluding hydrogens is 374 g/mol. The highest BCUT2D eigenvalue weighted by atomic mass is 16.5. The van der Waals surface area contributed by atoms with Crippen LogP contribution in [0.3, 0.4) is 0 Å². The fourth-order valence-electron chi connectivity index (χ4n) is 3.13. The molecule has 0 atom stereocenters. The zero-order valence-electron chi connectivity index (χ0n) is 16.6. The van der Waals surface area contributed by atoms with Crippen molar-refractivity contribution in [1.82, 2.24) is 15.1 Å². The minimum Gasteiger partial charge on any atom is -0.489 e. The zero-order chi connectivity index (χ0) is 20.6. The highest BCUT2D eigenvalue weighted by molar-refractivity contribution is 5.94. The molecule has 3 aromatic carbocycles. The lowest BCUT2D eigenvalue weighted by Crippen LogP contribution is -2.25.